The highest BCUT2D eigenvalue weighted by molar-refractivity contribution is 5.60. The van der Waals surface area contributed by atoms with Gasteiger partial charge in [0, 0.05) is 30.0 Å². The fourth-order valence-corrected chi connectivity index (χ4v) is 2.99. The first-order valence-electron chi connectivity index (χ1n) is 8.96. The van der Waals surface area contributed by atoms with Crippen LogP contribution in [0.3, 0.4) is 0 Å². The molecule has 1 aliphatic heterocycles. The van der Waals surface area contributed by atoms with Crippen LogP contribution in [-0.2, 0) is 9.47 Å². The molecule has 0 aliphatic carbocycles. The highest BCUT2D eigenvalue weighted by atomic mass is 19.3. The molecule has 0 bridgehead atoms. The maximum Gasteiger partial charge on any atom is 0.265 e. The first-order chi connectivity index (χ1) is 12.1. The van der Waals surface area contributed by atoms with Gasteiger partial charge >= 0.3 is 0 Å². The van der Waals surface area contributed by atoms with E-state index >= 15 is 0 Å². The zero-order valence-corrected chi connectivity index (χ0v) is 15.8. The van der Waals surface area contributed by atoms with Crippen molar-refractivity contribution in [3.63, 3.8) is 0 Å². The minimum atomic E-state index is -2.58. The van der Waals surface area contributed by atoms with E-state index in [2.05, 4.69) is 0 Å². The average Bonchev–Trinajstić information content (AvgIpc) is 2.54. The predicted molar refractivity (Wildman–Crippen MR) is 98.5 cm³/mol. The molecule has 0 radical (unpaired) electrons. The van der Waals surface area contributed by atoms with E-state index < -0.39 is 12.0 Å². The quantitative estimate of drug-likeness (QED) is 0.434. The van der Waals surface area contributed by atoms with Gasteiger partial charge in [-0.2, -0.15) is 0 Å². The number of alkyl halides is 2. The second-order valence-electron chi connectivity index (χ2n) is 7.86. The molecule has 1 aromatic carbocycles. The van der Waals surface area contributed by atoms with E-state index in [1.54, 1.807) is 12.1 Å². The Labute approximate surface area is 154 Å². The molecule has 0 saturated carbocycles. The summed E-state index contributed by atoms with van der Waals surface area (Å²) >= 11 is 0. The molecule has 1 saturated heterocycles. The van der Waals surface area contributed by atoms with Gasteiger partial charge in [-0.05, 0) is 58.2 Å². The predicted octanol–water partition coefficient (Wildman–Crippen LogP) is 3.72. The van der Waals surface area contributed by atoms with Crippen molar-refractivity contribution in [3.8, 4) is 0 Å². The zero-order chi connectivity index (χ0) is 19.4. The Hall–Kier alpha value is -1.44. The lowest BCUT2D eigenvalue weighted by molar-refractivity contribution is -0.129. The van der Waals surface area contributed by atoms with Gasteiger partial charge in [-0.1, -0.05) is 0 Å². The molecular formula is C19H30F2N2O3. The summed E-state index contributed by atoms with van der Waals surface area (Å²) in [5.74, 6) is 0. The van der Waals surface area contributed by atoms with Crippen LogP contribution in [-0.4, -0.2) is 42.8 Å². The van der Waals surface area contributed by atoms with Crippen LogP contribution in [0.2, 0.25) is 0 Å². The van der Waals surface area contributed by atoms with Crippen molar-refractivity contribution in [2.45, 2.75) is 57.7 Å². The maximum atomic E-state index is 13.3. The largest absolute Gasteiger partial charge is 0.399 e. The monoisotopic (exact) mass is 372 g/mol. The van der Waals surface area contributed by atoms with Crippen molar-refractivity contribution in [3.05, 3.63) is 23.8 Å². The van der Waals surface area contributed by atoms with Crippen molar-refractivity contribution in [2.75, 3.05) is 37.1 Å². The summed E-state index contributed by atoms with van der Waals surface area (Å²) in [5.41, 5.74) is 5.29. The summed E-state index contributed by atoms with van der Waals surface area (Å²) in [4.78, 5) is 1.89. The van der Waals surface area contributed by atoms with Crippen LogP contribution in [0.15, 0.2) is 18.2 Å². The molecule has 3 N–H and O–H groups in total. The molecule has 1 fully saturated rings. The molecule has 5 nitrogen and oxygen atoms in total. The van der Waals surface area contributed by atoms with E-state index in [1.165, 1.54) is 6.07 Å². The number of nitrogens with two attached hydrogens (primary N) is 1. The van der Waals surface area contributed by atoms with E-state index in [0.717, 1.165) is 0 Å². The maximum absolute atomic E-state index is 13.3. The fourth-order valence-electron chi connectivity index (χ4n) is 2.99. The van der Waals surface area contributed by atoms with Gasteiger partial charge in [0.15, 0.2) is 0 Å². The minimum Gasteiger partial charge on any atom is -0.399 e. The Morgan fingerprint density at radius 2 is 1.92 bits per heavy atom. The van der Waals surface area contributed by atoms with Gasteiger partial charge in [-0.25, -0.2) is 8.78 Å². The van der Waals surface area contributed by atoms with Crippen LogP contribution in [0.5, 0.6) is 0 Å². The van der Waals surface area contributed by atoms with Crippen LogP contribution in [0.4, 0.5) is 20.2 Å². The van der Waals surface area contributed by atoms with Gasteiger partial charge in [0.1, 0.15) is 6.79 Å². The summed E-state index contributed by atoms with van der Waals surface area (Å²) in [7, 11) is 0. The zero-order valence-electron chi connectivity index (χ0n) is 15.8. The van der Waals surface area contributed by atoms with Crippen LogP contribution < -0.4 is 10.6 Å². The molecule has 1 aromatic rings. The Morgan fingerprint density at radius 1 is 1.27 bits per heavy atom. The molecule has 1 heterocycles. The van der Waals surface area contributed by atoms with E-state index in [4.69, 9.17) is 15.2 Å². The van der Waals surface area contributed by atoms with Gasteiger partial charge in [-0.15, -0.1) is 0 Å². The second kappa shape index (κ2) is 8.50. The molecule has 0 atom stereocenters. The number of aliphatic hydroxyl groups is 1. The molecule has 0 aromatic heterocycles. The Kier molecular flexibility index (Phi) is 6.82. The van der Waals surface area contributed by atoms with Crippen molar-refractivity contribution < 1.29 is 23.4 Å². The highest BCUT2D eigenvalue weighted by Gasteiger charge is 2.33. The number of hydrogen-bond acceptors (Lipinski definition) is 5. The third-order valence-corrected chi connectivity index (χ3v) is 4.61. The summed E-state index contributed by atoms with van der Waals surface area (Å²) < 4.78 is 37.5. The van der Waals surface area contributed by atoms with Crippen LogP contribution in [0.1, 0.15) is 52.0 Å². The molecule has 7 heteroatoms. The number of nitrogen functional groups attached to an aromatic ring is 1. The first-order valence-corrected chi connectivity index (χ1v) is 8.96. The van der Waals surface area contributed by atoms with E-state index in [9.17, 15) is 13.9 Å². The highest BCUT2D eigenvalue weighted by Crippen LogP contribution is 2.35. The lowest BCUT2D eigenvalue weighted by Gasteiger charge is -2.40. The normalized spacial score (nSPS) is 17.7. The van der Waals surface area contributed by atoms with Gasteiger partial charge in [-0.3, -0.25) is 0 Å². The Morgan fingerprint density at radius 3 is 2.50 bits per heavy atom. The second-order valence-corrected chi connectivity index (χ2v) is 7.86. The standard InChI is InChI=1S/C19H30F2N2O3/c1-18(2,3)26-13-25-11-8-19(24)6-9-23(10-7-19)16-5-4-14(22)12-15(16)17(20)21/h4-5,12,17,24H,6-11,13,22H2,1-3H3. The van der Waals surface area contributed by atoms with Crippen LogP contribution in [0.25, 0.3) is 0 Å². The van der Waals surface area contributed by atoms with E-state index in [-0.39, 0.29) is 18.0 Å². The summed E-state index contributed by atoms with van der Waals surface area (Å²) in [6.45, 7) is 7.46. The van der Waals surface area contributed by atoms with Crippen molar-refractivity contribution >= 4 is 11.4 Å². The lowest BCUT2D eigenvalue weighted by atomic mass is 9.88. The number of ether oxygens (including phenoxy) is 2. The molecule has 1 aliphatic rings. The van der Waals surface area contributed by atoms with E-state index in [0.29, 0.717) is 50.3 Å². The van der Waals surface area contributed by atoms with Crippen LogP contribution >= 0.6 is 0 Å². The van der Waals surface area contributed by atoms with Crippen molar-refractivity contribution in [1.29, 1.82) is 0 Å². The number of piperidine rings is 1. The fraction of sp³-hybridized carbons (Fsp3) is 0.684. The summed E-state index contributed by atoms with van der Waals surface area (Å²) in [6.07, 6.45) is -1.07. The number of halogens is 2. The Bertz CT molecular complexity index is 583. The molecular weight excluding hydrogens is 342 g/mol. The van der Waals surface area contributed by atoms with Gasteiger partial charge in [0.25, 0.3) is 6.43 Å². The van der Waals surface area contributed by atoms with Crippen molar-refractivity contribution in [1.82, 2.24) is 0 Å². The van der Waals surface area contributed by atoms with Gasteiger partial charge in [0.05, 0.1) is 17.8 Å². The molecule has 0 spiro atoms. The average molecular weight is 372 g/mol. The third kappa shape index (κ3) is 6.07. The van der Waals surface area contributed by atoms with Crippen LogP contribution in [0, 0.1) is 0 Å². The molecule has 0 unspecified atom stereocenters. The molecule has 0 amide bonds. The third-order valence-electron chi connectivity index (χ3n) is 4.61. The molecule has 2 rings (SSSR count). The number of benzene rings is 1. The first kappa shape index (κ1) is 20.9. The van der Waals surface area contributed by atoms with Crippen molar-refractivity contribution in [2.24, 2.45) is 0 Å². The number of nitrogens with zero attached hydrogens (tertiary/aromatic N) is 1. The van der Waals surface area contributed by atoms with Gasteiger partial charge in [0.2, 0.25) is 0 Å². The minimum absolute atomic E-state index is 0.0573. The number of anilines is 2. The molecule has 26 heavy (non-hydrogen) atoms. The summed E-state index contributed by atoms with van der Waals surface area (Å²) in [5, 5.41) is 10.7. The van der Waals surface area contributed by atoms with Gasteiger partial charge < -0.3 is 25.2 Å². The Balaban J connectivity index is 1.85. The SMILES string of the molecule is CC(C)(C)OCOCCC1(O)CCN(c2ccc(N)cc2C(F)F)CC1. The molecule has 148 valence electrons. The lowest BCUT2D eigenvalue weighted by Crippen LogP contribution is -2.45. The number of hydrogen-bond donors (Lipinski definition) is 2. The summed E-state index contributed by atoms with van der Waals surface area (Å²) in [6, 6.07) is 4.59. The topological polar surface area (TPSA) is 68.0 Å². The number of rotatable bonds is 7. The van der Waals surface area contributed by atoms with E-state index in [1.807, 2.05) is 25.7 Å². The smallest absolute Gasteiger partial charge is 0.265 e.